The van der Waals surface area contributed by atoms with Crippen LogP contribution in [0.4, 0.5) is 0 Å². The standard InChI is InChI=1S/C49H96NO8P/c1-3-5-7-9-11-13-15-17-19-20-21-22-23-24-25-26-28-30-32-34-36-38-40-42-49(52)58-47(46-57-59(53,54)56-44-43-50)45-55-48(51)41-39-37-35-33-31-29-27-18-16-14-12-10-8-6-4-2/h34,36,47H,3-33,35,37-46,50H2,1-2H3,(H,53,54)/b36-34+/t47-/m1/s1. The van der Waals surface area contributed by atoms with Crippen molar-refractivity contribution in [1.29, 1.82) is 0 Å². The van der Waals surface area contributed by atoms with Gasteiger partial charge in [-0.2, -0.15) is 0 Å². The molecular formula is C49H96NO8P. The minimum absolute atomic E-state index is 0.0528. The smallest absolute Gasteiger partial charge is 0.462 e. The zero-order valence-corrected chi connectivity index (χ0v) is 39.7. The van der Waals surface area contributed by atoms with Crippen molar-refractivity contribution in [2.24, 2.45) is 5.73 Å². The molecule has 0 radical (unpaired) electrons. The molecule has 0 fully saturated rings. The minimum Gasteiger partial charge on any atom is -0.462 e. The second-order valence-corrected chi connectivity index (χ2v) is 18.5. The fourth-order valence-corrected chi connectivity index (χ4v) is 8.17. The normalized spacial score (nSPS) is 13.2. The SMILES string of the molecule is CCCCCCCCCCCCCCCCCCCC/C=C/CCCC(=O)O[C@H](COC(=O)CCCCCCCCCCCCCCCCC)COP(=O)(O)OCCN. The van der Waals surface area contributed by atoms with Gasteiger partial charge in [0.1, 0.15) is 6.61 Å². The summed E-state index contributed by atoms with van der Waals surface area (Å²) in [5, 5.41) is 0. The molecule has 0 amide bonds. The van der Waals surface area contributed by atoms with E-state index in [2.05, 4.69) is 26.0 Å². The van der Waals surface area contributed by atoms with Gasteiger partial charge in [0.25, 0.3) is 0 Å². The third-order valence-electron chi connectivity index (χ3n) is 11.2. The lowest BCUT2D eigenvalue weighted by Gasteiger charge is -2.19. The first-order chi connectivity index (χ1) is 28.8. The van der Waals surface area contributed by atoms with E-state index in [9.17, 15) is 19.0 Å². The Morgan fingerprint density at radius 2 is 0.847 bits per heavy atom. The summed E-state index contributed by atoms with van der Waals surface area (Å²) in [6.07, 6.45) is 49.8. The molecule has 0 spiro atoms. The number of rotatable bonds is 48. The molecule has 0 saturated heterocycles. The van der Waals surface area contributed by atoms with Gasteiger partial charge in [0.15, 0.2) is 6.10 Å². The first-order valence-corrected chi connectivity index (χ1v) is 26.7. The van der Waals surface area contributed by atoms with Gasteiger partial charge in [-0.3, -0.25) is 18.6 Å². The number of ether oxygens (including phenoxy) is 2. The summed E-state index contributed by atoms with van der Waals surface area (Å²) >= 11 is 0. The van der Waals surface area contributed by atoms with E-state index in [-0.39, 0.29) is 38.6 Å². The fourth-order valence-electron chi connectivity index (χ4n) is 7.41. The first-order valence-electron chi connectivity index (χ1n) is 25.2. The maximum atomic E-state index is 12.6. The highest BCUT2D eigenvalue weighted by molar-refractivity contribution is 7.47. The van der Waals surface area contributed by atoms with Crippen molar-refractivity contribution in [2.45, 2.75) is 264 Å². The van der Waals surface area contributed by atoms with Crippen LogP contribution in [0.15, 0.2) is 12.2 Å². The number of allylic oxidation sites excluding steroid dienone is 2. The molecule has 0 aromatic rings. The highest BCUT2D eigenvalue weighted by atomic mass is 31.2. The van der Waals surface area contributed by atoms with Crippen molar-refractivity contribution >= 4 is 19.8 Å². The Hall–Kier alpha value is -1.25. The Morgan fingerprint density at radius 3 is 1.25 bits per heavy atom. The highest BCUT2D eigenvalue weighted by Crippen LogP contribution is 2.43. The van der Waals surface area contributed by atoms with E-state index >= 15 is 0 Å². The molecule has 0 bridgehead atoms. The monoisotopic (exact) mass is 858 g/mol. The molecule has 0 aliphatic heterocycles. The lowest BCUT2D eigenvalue weighted by Crippen LogP contribution is -2.29. The van der Waals surface area contributed by atoms with Crippen LogP contribution in [-0.2, 0) is 32.7 Å². The predicted molar refractivity (Wildman–Crippen MR) is 248 cm³/mol. The second kappa shape index (κ2) is 46.3. The molecule has 2 atom stereocenters. The highest BCUT2D eigenvalue weighted by Gasteiger charge is 2.26. The number of phosphoric acid groups is 1. The van der Waals surface area contributed by atoms with E-state index in [1.54, 1.807) is 0 Å². The minimum atomic E-state index is -4.38. The van der Waals surface area contributed by atoms with Crippen molar-refractivity contribution in [1.82, 2.24) is 0 Å². The Bertz CT molecular complexity index is 980. The molecule has 0 aliphatic carbocycles. The van der Waals surface area contributed by atoms with Gasteiger partial charge in [-0.25, -0.2) is 4.57 Å². The maximum absolute atomic E-state index is 12.6. The van der Waals surface area contributed by atoms with Crippen LogP contribution in [-0.4, -0.2) is 49.3 Å². The Kier molecular flexibility index (Phi) is 45.3. The molecule has 9 nitrogen and oxygen atoms in total. The van der Waals surface area contributed by atoms with Crippen LogP contribution in [0.5, 0.6) is 0 Å². The van der Waals surface area contributed by atoms with Gasteiger partial charge in [0, 0.05) is 19.4 Å². The average molecular weight is 858 g/mol. The zero-order valence-electron chi connectivity index (χ0n) is 38.8. The molecule has 0 aromatic carbocycles. The number of esters is 2. The van der Waals surface area contributed by atoms with Crippen LogP contribution in [0.25, 0.3) is 0 Å². The van der Waals surface area contributed by atoms with E-state index in [1.165, 1.54) is 193 Å². The summed E-state index contributed by atoms with van der Waals surface area (Å²) in [5.74, 6) is -0.850. The maximum Gasteiger partial charge on any atom is 0.472 e. The Labute approximate surface area is 364 Å². The van der Waals surface area contributed by atoms with E-state index in [0.29, 0.717) is 6.42 Å². The predicted octanol–water partition coefficient (Wildman–Crippen LogP) is 15.0. The summed E-state index contributed by atoms with van der Waals surface area (Å²) in [4.78, 5) is 35.0. The Balaban J connectivity index is 4.03. The number of phosphoric ester groups is 1. The van der Waals surface area contributed by atoms with Gasteiger partial charge in [-0.1, -0.05) is 225 Å². The van der Waals surface area contributed by atoms with E-state index in [1.807, 2.05) is 0 Å². The van der Waals surface area contributed by atoms with Crippen LogP contribution in [0.2, 0.25) is 0 Å². The summed E-state index contributed by atoms with van der Waals surface area (Å²) < 4.78 is 32.9. The number of hydrogen-bond acceptors (Lipinski definition) is 8. The third-order valence-corrected chi connectivity index (χ3v) is 12.1. The molecule has 350 valence electrons. The molecule has 0 rings (SSSR count). The van der Waals surface area contributed by atoms with Crippen molar-refractivity contribution in [3.05, 3.63) is 12.2 Å². The lowest BCUT2D eigenvalue weighted by molar-refractivity contribution is -0.161. The second-order valence-electron chi connectivity index (χ2n) is 17.0. The Morgan fingerprint density at radius 1 is 0.492 bits per heavy atom. The number of nitrogens with two attached hydrogens (primary N) is 1. The van der Waals surface area contributed by atoms with Crippen LogP contribution < -0.4 is 5.73 Å². The van der Waals surface area contributed by atoms with Crippen LogP contribution >= 0.6 is 7.82 Å². The van der Waals surface area contributed by atoms with E-state index in [4.69, 9.17) is 24.3 Å². The number of carbonyl (C=O) groups excluding carboxylic acids is 2. The topological polar surface area (TPSA) is 134 Å². The molecule has 0 heterocycles. The number of hydrogen-bond donors (Lipinski definition) is 2. The van der Waals surface area contributed by atoms with Crippen LogP contribution in [0, 0.1) is 0 Å². The van der Waals surface area contributed by atoms with Gasteiger partial charge in [-0.05, 0) is 32.1 Å². The molecular weight excluding hydrogens is 762 g/mol. The number of unbranched alkanes of at least 4 members (excludes halogenated alkanes) is 33. The average Bonchev–Trinajstić information content (AvgIpc) is 3.22. The molecule has 0 aliphatic rings. The summed E-state index contributed by atoms with van der Waals surface area (Å²) in [6.45, 7) is 3.76. The largest absolute Gasteiger partial charge is 0.472 e. The summed E-state index contributed by atoms with van der Waals surface area (Å²) in [7, 11) is -4.38. The summed E-state index contributed by atoms with van der Waals surface area (Å²) in [5.41, 5.74) is 5.36. The van der Waals surface area contributed by atoms with E-state index in [0.717, 1.165) is 32.1 Å². The van der Waals surface area contributed by atoms with Crippen molar-refractivity contribution in [3.63, 3.8) is 0 Å². The number of carbonyl (C=O) groups is 2. The molecule has 59 heavy (non-hydrogen) atoms. The van der Waals surface area contributed by atoms with Crippen molar-refractivity contribution in [3.8, 4) is 0 Å². The quantitative estimate of drug-likeness (QED) is 0.0265. The van der Waals surface area contributed by atoms with Gasteiger partial charge in [0.2, 0.25) is 0 Å². The lowest BCUT2D eigenvalue weighted by atomic mass is 10.0. The van der Waals surface area contributed by atoms with Gasteiger partial charge in [0.05, 0.1) is 13.2 Å². The molecule has 1 unspecified atom stereocenters. The fraction of sp³-hybridized carbons (Fsp3) is 0.918. The molecule has 0 aromatic heterocycles. The molecule has 10 heteroatoms. The summed E-state index contributed by atoms with van der Waals surface area (Å²) in [6, 6.07) is 0. The first kappa shape index (κ1) is 57.8. The zero-order chi connectivity index (χ0) is 43.2. The van der Waals surface area contributed by atoms with Crippen molar-refractivity contribution < 1.29 is 37.6 Å². The van der Waals surface area contributed by atoms with E-state index < -0.39 is 26.5 Å². The van der Waals surface area contributed by atoms with Crippen LogP contribution in [0.3, 0.4) is 0 Å². The third kappa shape index (κ3) is 46.1. The van der Waals surface area contributed by atoms with Crippen LogP contribution in [0.1, 0.15) is 258 Å². The van der Waals surface area contributed by atoms with Gasteiger partial charge in [-0.15, -0.1) is 0 Å². The molecule has 0 saturated carbocycles. The van der Waals surface area contributed by atoms with Crippen molar-refractivity contribution in [2.75, 3.05) is 26.4 Å². The van der Waals surface area contributed by atoms with Gasteiger partial charge >= 0.3 is 19.8 Å². The van der Waals surface area contributed by atoms with Gasteiger partial charge < -0.3 is 20.1 Å². The molecule has 3 N–H and O–H groups in total.